The molecule has 0 aliphatic rings. The highest BCUT2D eigenvalue weighted by Crippen LogP contribution is 2.22. The van der Waals surface area contributed by atoms with Crippen LogP contribution in [0.15, 0.2) is 27.6 Å². The Bertz CT molecular complexity index is 794. The van der Waals surface area contributed by atoms with Gasteiger partial charge >= 0.3 is 12.0 Å². The van der Waals surface area contributed by atoms with Gasteiger partial charge in [0.05, 0.1) is 10.5 Å². The van der Waals surface area contributed by atoms with E-state index in [0.717, 1.165) is 6.07 Å². The smallest absolute Gasteiger partial charge is 0.340 e. The summed E-state index contributed by atoms with van der Waals surface area (Å²) < 4.78 is 32.0. The van der Waals surface area contributed by atoms with Crippen molar-refractivity contribution in [1.82, 2.24) is 10.0 Å². The molecule has 0 aliphatic carbocycles. The molecule has 11 heteroatoms. The van der Waals surface area contributed by atoms with Crippen molar-refractivity contribution in [1.29, 1.82) is 0 Å². The van der Waals surface area contributed by atoms with E-state index in [1.165, 1.54) is 19.1 Å². The third-order valence-electron chi connectivity index (χ3n) is 2.76. The van der Waals surface area contributed by atoms with Crippen molar-refractivity contribution in [2.24, 2.45) is 5.73 Å². The van der Waals surface area contributed by atoms with E-state index in [9.17, 15) is 22.8 Å². The maximum Gasteiger partial charge on any atom is 0.340 e. The molecule has 0 fully saturated rings. The van der Waals surface area contributed by atoms with E-state index in [-0.39, 0.29) is 21.0 Å². The van der Waals surface area contributed by atoms with E-state index in [0.29, 0.717) is 0 Å². The van der Waals surface area contributed by atoms with Gasteiger partial charge in [-0.1, -0.05) is 0 Å². The Morgan fingerprint density at radius 1 is 1.20 bits per heavy atom. The standard InChI is InChI=1S/C14H18BrN3O6S/c1-7(2)18-25(22,23)9-4-5-11(15)10(6-9)13(20)24-8(3)12(19)17-14(16)21/h4-8,18H,1-3H3,(H3,16,17,19,21)/t8-/m0/s1. The number of carbonyl (C=O) groups excluding carboxylic acids is 3. The van der Waals surface area contributed by atoms with Crippen molar-refractivity contribution in [2.45, 2.75) is 37.8 Å². The molecule has 1 rings (SSSR count). The Kier molecular flexibility index (Phi) is 7.08. The average Bonchev–Trinajstić information content (AvgIpc) is 2.45. The van der Waals surface area contributed by atoms with Gasteiger partial charge in [0.2, 0.25) is 10.0 Å². The molecule has 0 saturated heterocycles. The second-order valence-electron chi connectivity index (χ2n) is 5.32. The second-order valence-corrected chi connectivity index (χ2v) is 7.89. The van der Waals surface area contributed by atoms with Gasteiger partial charge in [0, 0.05) is 10.5 Å². The first kappa shape index (κ1) is 21.1. The van der Waals surface area contributed by atoms with E-state index in [4.69, 9.17) is 10.5 Å². The Labute approximate surface area is 153 Å². The molecule has 0 unspecified atom stereocenters. The first-order valence-corrected chi connectivity index (χ1v) is 9.35. The van der Waals surface area contributed by atoms with E-state index < -0.39 is 34.0 Å². The SMILES string of the molecule is CC(C)NS(=O)(=O)c1ccc(Br)c(C(=O)O[C@@H](C)C(=O)NC(N)=O)c1. The van der Waals surface area contributed by atoms with Gasteiger partial charge in [0.1, 0.15) is 0 Å². The third-order valence-corrected chi connectivity index (χ3v) is 5.11. The third kappa shape index (κ3) is 6.11. The lowest BCUT2D eigenvalue weighted by Crippen LogP contribution is -2.42. The number of carbonyl (C=O) groups is 3. The van der Waals surface area contributed by atoms with Crippen LogP contribution in [0.2, 0.25) is 0 Å². The normalized spacial score (nSPS) is 12.5. The van der Waals surface area contributed by atoms with Crippen molar-refractivity contribution >= 4 is 43.9 Å². The van der Waals surface area contributed by atoms with Crippen molar-refractivity contribution in [3.05, 3.63) is 28.2 Å². The number of rotatable bonds is 6. The van der Waals surface area contributed by atoms with Crippen LogP contribution in [0.4, 0.5) is 4.79 Å². The van der Waals surface area contributed by atoms with Crippen LogP contribution in [-0.2, 0) is 19.6 Å². The summed E-state index contributed by atoms with van der Waals surface area (Å²) in [5, 5.41) is 1.78. The monoisotopic (exact) mass is 435 g/mol. The number of halogens is 1. The number of nitrogens with one attached hydrogen (secondary N) is 2. The zero-order valence-electron chi connectivity index (χ0n) is 13.7. The molecule has 1 aromatic rings. The molecular weight excluding hydrogens is 418 g/mol. The number of hydrogen-bond donors (Lipinski definition) is 3. The summed E-state index contributed by atoms with van der Waals surface area (Å²) in [6, 6.07) is 2.40. The maximum absolute atomic E-state index is 12.2. The van der Waals surface area contributed by atoms with Crippen LogP contribution in [0.25, 0.3) is 0 Å². The van der Waals surface area contributed by atoms with E-state index in [2.05, 4.69) is 20.7 Å². The predicted molar refractivity (Wildman–Crippen MR) is 92.2 cm³/mol. The maximum atomic E-state index is 12.2. The lowest BCUT2D eigenvalue weighted by molar-refractivity contribution is -0.127. The highest BCUT2D eigenvalue weighted by molar-refractivity contribution is 9.10. The van der Waals surface area contributed by atoms with Gasteiger partial charge in [-0.25, -0.2) is 22.7 Å². The number of ether oxygens (including phenoxy) is 1. The molecule has 9 nitrogen and oxygen atoms in total. The second kappa shape index (κ2) is 8.41. The lowest BCUT2D eigenvalue weighted by atomic mass is 10.2. The minimum absolute atomic E-state index is 0.0923. The number of benzene rings is 1. The van der Waals surface area contributed by atoms with Crippen LogP contribution in [-0.4, -0.2) is 38.5 Å². The van der Waals surface area contributed by atoms with Gasteiger partial charge < -0.3 is 10.5 Å². The van der Waals surface area contributed by atoms with Crippen LogP contribution < -0.4 is 15.8 Å². The number of imide groups is 1. The molecule has 0 aromatic heterocycles. The molecule has 25 heavy (non-hydrogen) atoms. The van der Waals surface area contributed by atoms with Crippen molar-refractivity contribution in [3.8, 4) is 0 Å². The highest BCUT2D eigenvalue weighted by Gasteiger charge is 2.24. The van der Waals surface area contributed by atoms with Crippen molar-refractivity contribution in [3.63, 3.8) is 0 Å². The minimum Gasteiger partial charge on any atom is -0.449 e. The summed E-state index contributed by atoms with van der Waals surface area (Å²) in [5.41, 5.74) is 4.72. The van der Waals surface area contributed by atoms with Crippen LogP contribution in [0.1, 0.15) is 31.1 Å². The molecule has 3 amide bonds. The molecule has 4 N–H and O–H groups in total. The first-order chi connectivity index (χ1) is 11.4. The first-order valence-electron chi connectivity index (χ1n) is 7.07. The largest absolute Gasteiger partial charge is 0.449 e. The van der Waals surface area contributed by atoms with E-state index in [1.807, 2.05) is 0 Å². The van der Waals surface area contributed by atoms with Gasteiger partial charge in [0.15, 0.2) is 6.10 Å². The molecule has 0 heterocycles. The van der Waals surface area contributed by atoms with Gasteiger partial charge in [-0.05, 0) is 54.9 Å². The quantitative estimate of drug-likeness (QED) is 0.565. The molecule has 138 valence electrons. The molecule has 1 aromatic carbocycles. The summed E-state index contributed by atoms with van der Waals surface area (Å²) in [6.45, 7) is 4.56. The number of hydrogen-bond acceptors (Lipinski definition) is 6. The number of primary amides is 1. The van der Waals surface area contributed by atoms with Crippen molar-refractivity contribution < 1.29 is 27.5 Å². The summed E-state index contributed by atoms with van der Waals surface area (Å²) in [6.07, 6.45) is -1.30. The van der Waals surface area contributed by atoms with Gasteiger partial charge in [-0.15, -0.1) is 0 Å². The molecule has 0 aliphatic heterocycles. The van der Waals surface area contributed by atoms with Gasteiger partial charge in [-0.2, -0.15) is 0 Å². The predicted octanol–water partition coefficient (Wildman–Crippen LogP) is 0.876. The fourth-order valence-electron chi connectivity index (χ4n) is 1.71. The molecule has 0 bridgehead atoms. The minimum atomic E-state index is -3.81. The van der Waals surface area contributed by atoms with E-state index in [1.54, 1.807) is 19.2 Å². The van der Waals surface area contributed by atoms with Crippen LogP contribution >= 0.6 is 15.9 Å². The lowest BCUT2D eigenvalue weighted by Gasteiger charge is -2.14. The van der Waals surface area contributed by atoms with Crippen molar-refractivity contribution in [2.75, 3.05) is 0 Å². The topological polar surface area (TPSA) is 145 Å². The van der Waals surface area contributed by atoms with Crippen LogP contribution in [0.3, 0.4) is 0 Å². The molecule has 0 radical (unpaired) electrons. The molecular formula is C14H18BrN3O6S. The molecule has 1 atom stereocenters. The number of amides is 3. The number of urea groups is 1. The summed E-state index contributed by atoms with van der Waals surface area (Å²) in [4.78, 5) is 34.3. The van der Waals surface area contributed by atoms with Crippen LogP contribution in [0, 0.1) is 0 Å². The Morgan fingerprint density at radius 3 is 2.32 bits per heavy atom. The number of sulfonamides is 1. The highest BCUT2D eigenvalue weighted by atomic mass is 79.9. The fraction of sp³-hybridized carbons (Fsp3) is 0.357. The van der Waals surface area contributed by atoms with Crippen LogP contribution in [0.5, 0.6) is 0 Å². The Hall–Kier alpha value is -1.98. The van der Waals surface area contributed by atoms with Gasteiger partial charge in [0.25, 0.3) is 5.91 Å². The fourth-order valence-corrected chi connectivity index (χ4v) is 3.39. The zero-order chi connectivity index (χ0) is 19.4. The summed E-state index contributed by atoms with van der Waals surface area (Å²) >= 11 is 3.13. The Balaban J connectivity index is 3.05. The molecule has 0 saturated carbocycles. The summed E-state index contributed by atoms with van der Waals surface area (Å²) in [7, 11) is -3.81. The number of nitrogens with two attached hydrogens (primary N) is 1. The molecule has 0 spiro atoms. The Morgan fingerprint density at radius 2 is 1.80 bits per heavy atom. The number of esters is 1. The zero-order valence-corrected chi connectivity index (χ0v) is 16.1. The van der Waals surface area contributed by atoms with E-state index >= 15 is 0 Å². The van der Waals surface area contributed by atoms with Gasteiger partial charge in [-0.3, -0.25) is 10.1 Å². The summed E-state index contributed by atoms with van der Waals surface area (Å²) in [5.74, 6) is -1.84. The average molecular weight is 436 g/mol.